The maximum absolute atomic E-state index is 12.8. The number of amides is 2. The van der Waals surface area contributed by atoms with Gasteiger partial charge in [0, 0.05) is 67.3 Å². The molecule has 1 aromatic carbocycles. The van der Waals surface area contributed by atoms with Crippen LogP contribution in [0, 0.1) is 6.92 Å². The number of aromatic amines is 1. The van der Waals surface area contributed by atoms with Crippen molar-refractivity contribution in [1.29, 1.82) is 0 Å². The van der Waals surface area contributed by atoms with Crippen molar-refractivity contribution in [2.45, 2.75) is 39.3 Å². The highest BCUT2D eigenvalue weighted by Gasteiger charge is 2.26. The number of rotatable bonds is 4. The van der Waals surface area contributed by atoms with Crippen LogP contribution in [0.2, 0.25) is 0 Å². The third-order valence-electron chi connectivity index (χ3n) is 6.03. The fourth-order valence-electron chi connectivity index (χ4n) is 4.35. The van der Waals surface area contributed by atoms with E-state index in [0.29, 0.717) is 19.1 Å². The van der Waals surface area contributed by atoms with Crippen molar-refractivity contribution in [3.8, 4) is 0 Å². The summed E-state index contributed by atoms with van der Waals surface area (Å²) in [6.07, 6.45) is 1.92. The molecule has 1 saturated heterocycles. The Morgan fingerprint density at radius 1 is 1.30 bits per heavy atom. The highest BCUT2D eigenvalue weighted by molar-refractivity contribution is 5.88. The molecular weight excluding hydrogens is 340 g/mol. The van der Waals surface area contributed by atoms with Gasteiger partial charge in [-0.15, -0.1) is 0 Å². The van der Waals surface area contributed by atoms with Gasteiger partial charge in [-0.05, 0) is 18.9 Å². The minimum Gasteiger partial charge on any atom is -0.379 e. The van der Waals surface area contributed by atoms with Crippen molar-refractivity contribution in [2.75, 3.05) is 39.4 Å². The Morgan fingerprint density at radius 2 is 2.11 bits per heavy atom. The zero-order valence-corrected chi connectivity index (χ0v) is 16.4. The van der Waals surface area contributed by atoms with Crippen LogP contribution in [0.1, 0.15) is 30.2 Å². The largest absolute Gasteiger partial charge is 0.379 e. The highest BCUT2D eigenvalue weighted by Crippen LogP contribution is 2.29. The Balaban J connectivity index is 1.40. The monoisotopic (exact) mass is 370 g/mol. The van der Waals surface area contributed by atoms with Gasteiger partial charge in [0.05, 0.1) is 13.2 Å². The minimum absolute atomic E-state index is 0.0503. The van der Waals surface area contributed by atoms with Crippen LogP contribution in [0.3, 0.4) is 0 Å². The van der Waals surface area contributed by atoms with Crippen molar-refractivity contribution in [1.82, 2.24) is 20.1 Å². The molecule has 4 rings (SSSR count). The molecule has 0 radical (unpaired) electrons. The first-order valence-corrected chi connectivity index (χ1v) is 10.1. The van der Waals surface area contributed by atoms with Crippen molar-refractivity contribution < 1.29 is 9.53 Å². The van der Waals surface area contributed by atoms with Crippen LogP contribution in [0.15, 0.2) is 18.2 Å². The van der Waals surface area contributed by atoms with E-state index in [0.717, 1.165) is 45.7 Å². The molecule has 6 nitrogen and oxygen atoms in total. The van der Waals surface area contributed by atoms with E-state index < -0.39 is 0 Å². The van der Waals surface area contributed by atoms with Crippen LogP contribution in [0.4, 0.5) is 4.79 Å². The second-order valence-electron chi connectivity index (χ2n) is 7.65. The molecule has 6 heteroatoms. The van der Waals surface area contributed by atoms with E-state index >= 15 is 0 Å². The average molecular weight is 370 g/mol. The summed E-state index contributed by atoms with van der Waals surface area (Å²) in [6, 6.07) is 6.82. The fraction of sp³-hybridized carbons (Fsp3) is 0.571. The highest BCUT2D eigenvalue weighted by atomic mass is 16.5. The van der Waals surface area contributed by atoms with Gasteiger partial charge >= 0.3 is 6.03 Å². The predicted octanol–water partition coefficient (Wildman–Crippen LogP) is 2.65. The lowest BCUT2D eigenvalue weighted by molar-refractivity contribution is 0.0162. The van der Waals surface area contributed by atoms with Crippen molar-refractivity contribution in [2.24, 2.45) is 0 Å². The maximum Gasteiger partial charge on any atom is 0.317 e. The number of carbonyl (C=O) groups is 1. The normalized spacial score (nSPS) is 19.1. The van der Waals surface area contributed by atoms with Gasteiger partial charge in [0.15, 0.2) is 0 Å². The molecule has 2 aliphatic heterocycles. The lowest BCUT2D eigenvalue weighted by Gasteiger charge is -2.35. The third kappa shape index (κ3) is 3.69. The number of nitrogens with one attached hydrogen (secondary N) is 2. The molecule has 0 bridgehead atoms. The lowest BCUT2D eigenvalue weighted by atomic mass is 10.0. The maximum atomic E-state index is 12.8. The van der Waals surface area contributed by atoms with E-state index in [-0.39, 0.29) is 6.03 Å². The molecular formula is C21H30N4O2. The summed E-state index contributed by atoms with van der Waals surface area (Å²) in [4.78, 5) is 20.7. The number of fused-ring (bicyclic) bond motifs is 3. The smallest absolute Gasteiger partial charge is 0.317 e. The zero-order valence-electron chi connectivity index (χ0n) is 16.4. The number of carbonyl (C=O) groups excluding carboxylic acids is 1. The van der Waals surface area contributed by atoms with Crippen LogP contribution >= 0.6 is 0 Å². The van der Waals surface area contributed by atoms with E-state index in [4.69, 9.17) is 4.74 Å². The van der Waals surface area contributed by atoms with Gasteiger partial charge < -0.3 is 19.9 Å². The molecule has 146 valence electrons. The first kappa shape index (κ1) is 18.3. The van der Waals surface area contributed by atoms with Gasteiger partial charge in [0.1, 0.15) is 0 Å². The zero-order chi connectivity index (χ0) is 18.8. The molecule has 1 atom stereocenters. The fourth-order valence-corrected chi connectivity index (χ4v) is 4.35. The van der Waals surface area contributed by atoms with E-state index in [1.807, 2.05) is 4.90 Å². The van der Waals surface area contributed by atoms with E-state index in [2.05, 4.69) is 47.2 Å². The summed E-state index contributed by atoms with van der Waals surface area (Å²) in [5.74, 6) is 0. The SMILES string of the molecule is CCC(CNC(=O)N1CCc2[nH]c3c(C)cccc3c2C1)N1CCOCC1. The number of H-pyrrole nitrogens is 1. The van der Waals surface area contributed by atoms with Crippen LogP contribution in [0.5, 0.6) is 0 Å². The number of aromatic nitrogens is 1. The number of ether oxygens (including phenoxy) is 1. The van der Waals surface area contributed by atoms with Gasteiger partial charge in [-0.3, -0.25) is 4.90 Å². The topological polar surface area (TPSA) is 60.6 Å². The molecule has 0 saturated carbocycles. The summed E-state index contributed by atoms with van der Waals surface area (Å²) in [6.45, 7) is 9.95. The van der Waals surface area contributed by atoms with Crippen LogP contribution < -0.4 is 5.32 Å². The number of aryl methyl sites for hydroxylation is 1. The number of urea groups is 1. The predicted molar refractivity (Wildman–Crippen MR) is 107 cm³/mol. The molecule has 1 fully saturated rings. The quantitative estimate of drug-likeness (QED) is 0.870. The van der Waals surface area contributed by atoms with E-state index in [1.165, 1.54) is 27.7 Å². The van der Waals surface area contributed by atoms with Crippen molar-refractivity contribution in [3.63, 3.8) is 0 Å². The van der Waals surface area contributed by atoms with Crippen molar-refractivity contribution >= 4 is 16.9 Å². The number of para-hydroxylation sites is 1. The van der Waals surface area contributed by atoms with Crippen LogP contribution in [-0.4, -0.2) is 66.2 Å². The molecule has 2 aliphatic rings. The van der Waals surface area contributed by atoms with Crippen LogP contribution in [0.25, 0.3) is 10.9 Å². The molecule has 1 unspecified atom stereocenters. The van der Waals surface area contributed by atoms with Gasteiger partial charge in [-0.2, -0.15) is 0 Å². The van der Waals surface area contributed by atoms with E-state index in [9.17, 15) is 4.79 Å². The van der Waals surface area contributed by atoms with Gasteiger partial charge in [-0.1, -0.05) is 25.1 Å². The molecule has 2 amide bonds. The van der Waals surface area contributed by atoms with Gasteiger partial charge in [0.2, 0.25) is 0 Å². The van der Waals surface area contributed by atoms with Crippen LogP contribution in [-0.2, 0) is 17.7 Å². The number of benzene rings is 1. The molecule has 0 spiro atoms. The summed E-state index contributed by atoms with van der Waals surface area (Å²) in [5.41, 5.74) is 5.02. The molecule has 0 aliphatic carbocycles. The number of nitrogens with zero attached hydrogens (tertiary/aromatic N) is 2. The lowest BCUT2D eigenvalue weighted by Crippen LogP contribution is -2.51. The Morgan fingerprint density at radius 3 is 2.89 bits per heavy atom. The molecule has 1 aromatic heterocycles. The Bertz CT molecular complexity index is 810. The number of hydrogen-bond donors (Lipinski definition) is 2. The summed E-state index contributed by atoms with van der Waals surface area (Å²) >= 11 is 0. The molecule has 27 heavy (non-hydrogen) atoms. The van der Waals surface area contributed by atoms with Crippen molar-refractivity contribution in [3.05, 3.63) is 35.0 Å². The third-order valence-corrected chi connectivity index (χ3v) is 6.03. The summed E-state index contributed by atoms with van der Waals surface area (Å²) < 4.78 is 5.44. The number of hydrogen-bond acceptors (Lipinski definition) is 3. The Kier molecular flexibility index (Phi) is 5.36. The summed E-state index contributed by atoms with van der Waals surface area (Å²) in [7, 11) is 0. The second-order valence-corrected chi connectivity index (χ2v) is 7.65. The Labute approximate surface area is 160 Å². The first-order chi connectivity index (χ1) is 13.2. The van der Waals surface area contributed by atoms with Gasteiger partial charge in [0.25, 0.3) is 0 Å². The summed E-state index contributed by atoms with van der Waals surface area (Å²) in [5, 5.41) is 4.43. The average Bonchev–Trinajstić information content (AvgIpc) is 3.08. The molecule has 2 N–H and O–H groups in total. The minimum atomic E-state index is 0.0503. The van der Waals surface area contributed by atoms with E-state index in [1.54, 1.807) is 0 Å². The molecule has 3 heterocycles. The van der Waals surface area contributed by atoms with Gasteiger partial charge in [-0.25, -0.2) is 4.79 Å². The first-order valence-electron chi connectivity index (χ1n) is 10.1. The Hall–Kier alpha value is -2.05. The molecule has 2 aromatic rings. The standard InChI is InChI=1S/C21H30N4O2/c1-3-16(24-9-11-27-12-10-24)13-22-21(26)25-8-7-19-18(14-25)17-6-4-5-15(2)20(17)23-19/h4-6,16,23H,3,7-14H2,1-2H3,(H,22,26). The second kappa shape index (κ2) is 7.90. The number of morpholine rings is 1.